The molecule has 1 heterocycles. The highest BCUT2D eigenvalue weighted by molar-refractivity contribution is 9.10. The fourth-order valence-electron chi connectivity index (χ4n) is 2.32. The second-order valence-corrected chi connectivity index (χ2v) is 6.30. The summed E-state index contributed by atoms with van der Waals surface area (Å²) in [5.74, 6) is -1.05. The van der Waals surface area contributed by atoms with Gasteiger partial charge in [-0.2, -0.15) is 0 Å². The van der Waals surface area contributed by atoms with E-state index in [1.54, 1.807) is 30.3 Å². The van der Waals surface area contributed by atoms with Gasteiger partial charge >= 0.3 is 11.7 Å². The van der Waals surface area contributed by atoms with E-state index in [1.165, 1.54) is 0 Å². The highest BCUT2D eigenvalue weighted by atomic mass is 79.9. The molecule has 8 heteroatoms. The maximum atomic E-state index is 12.0. The molecule has 0 unspecified atom stereocenters. The summed E-state index contributed by atoms with van der Waals surface area (Å²) in [7, 11) is 0. The van der Waals surface area contributed by atoms with E-state index in [0.29, 0.717) is 26.8 Å². The SMILES string of the molecule is Cc1cccc(C(=O)OCC(=O)Nc2cc3[nH]c(=O)[nH]c3cc2Br)c1. The van der Waals surface area contributed by atoms with E-state index >= 15 is 0 Å². The summed E-state index contributed by atoms with van der Waals surface area (Å²) in [6, 6.07) is 10.2. The molecule has 0 aliphatic carbocycles. The molecule has 25 heavy (non-hydrogen) atoms. The third kappa shape index (κ3) is 3.97. The molecule has 0 aliphatic rings. The summed E-state index contributed by atoms with van der Waals surface area (Å²) in [6.45, 7) is 1.45. The minimum atomic E-state index is -0.566. The van der Waals surface area contributed by atoms with E-state index < -0.39 is 18.5 Å². The molecule has 0 spiro atoms. The largest absolute Gasteiger partial charge is 0.452 e. The molecule has 0 fully saturated rings. The lowest BCUT2D eigenvalue weighted by molar-refractivity contribution is -0.119. The van der Waals surface area contributed by atoms with Gasteiger partial charge in [0.05, 0.1) is 22.3 Å². The van der Waals surface area contributed by atoms with Crippen molar-refractivity contribution in [3.05, 3.63) is 62.5 Å². The summed E-state index contributed by atoms with van der Waals surface area (Å²) in [5, 5.41) is 2.63. The molecule has 0 atom stereocenters. The smallest absolute Gasteiger partial charge is 0.338 e. The zero-order valence-electron chi connectivity index (χ0n) is 13.2. The molecule has 3 N–H and O–H groups in total. The lowest BCUT2D eigenvalue weighted by atomic mass is 10.1. The van der Waals surface area contributed by atoms with Gasteiger partial charge in [-0.05, 0) is 47.1 Å². The van der Waals surface area contributed by atoms with Crippen molar-refractivity contribution >= 4 is 44.5 Å². The molecule has 1 aromatic heterocycles. The Morgan fingerprint density at radius 1 is 1.16 bits per heavy atom. The molecule has 3 rings (SSSR count). The number of anilines is 1. The number of aromatic amines is 2. The van der Waals surface area contributed by atoms with E-state index in [4.69, 9.17) is 4.74 Å². The molecule has 128 valence electrons. The number of aromatic nitrogens is 2. The number of aryl methyl sites for hydroxylation is 1. The van der Waals surface area contributed by atoms with Crippen LogP contribution in [0.5, 0.6) is 0 Å². The summed E-state index contributed by atoms with van der Waals surface area (Å²) < 4.78 is 5.61. The summed E-state index contributed by atoms with van der Waals surface area (Å²) in [4.78, 5) is 40.5. The van der Waals surface area contributed by atoms with Crippen molar-refractivity contribution in [3.8, 4) is 0 Å². The first-order valence-corrected chi connectivity index (χ1v) is 8.17. The fourth-order valence-corrected chi connectivity index (χ4v) is 2.77. The number of amides is 1. The Labute approximate surface area is 150 Å². The number of hydrogen-bond acceptors (Lipinski definition) is 4. The Bertz CT molecular complexity index is 1020. The normalized spacial score (nSPS) is 10.6. The summed E-state index contributed by atoms with van der Waals surface area (Å²) in [5.41, 5.74) is 2.61. The Morgan fingerprint density at radius 3 is 2.60 bits per heavy atom. The van der Waals surface area contributed by atoms with Crippen molar-refractivity contribution in [3.63, 3.8) is 0 Å². The monoisotopic (exact) mass is 403 g/mol. The van der Waals surface area contributed by atoms with Crippen molar-refractivity contribution < 1.29 is 14.3 Å². The van der Waals surface area contributed by atoms with Crippen LogP contribution in [0.1, 0.15) is 15.9 Å². The summed E-state index contributed by atoms with van der Waals surface area (Å²) >= 11 is 3.32. The minimum absolute atomic E-state index is 0.336. The van der Waals surface area contributed by atoms with Gasteiger partial charge < -0.3 is 20.0 Å². The molecule has 1 amide bonds. The number of nitrogens with one attached hydrogen (secondary N) is 3. The second-order valence-electron chi connectivity index (χ2n) is 5.45. The number of hydrogen-bond donors (Lipinski definition) is 3. The highest BCUT2D eigenvalue weighted by Gasteiger charge is 2.12. The van der Waals surface area contributed by atoms with Gasteiger partial charge in [0.1, 0.15) is 0 Å². The molecule has 0 bridgehead atoms. The number of benzene rings is 2. The lowest BCUT2D eigenvalue weighted by Gasteiger charge is -2.09. The average molecular weight is 404 g/mol. The molecule has 2 aromatic carbocycles. The molecule has 3 aromatic rings. The van der Waals surface area contributed by atoms with Gasteiger partial charge in [0, 0.05) is 4.47 Å². The van der Waals surface area contributed by atoms with E-state index in [1.807, 2.05) is 13.0 Å². The molecule has 0 saturated carbocycles. The molecule has 0 aliphatic heterocycles. The van der Waals surface area contributed by atoms with Gasteiger partial charge in [0.2, 0.25) is 0 Å². The fraction of sp³-hybridized carbons (Fsp3) is 0.118. The Balaban J connectivity index is 1.65. The van der Waals surface area contributed by atoms with E-state index in [-0.39, 0.29) is 5.69 Å². The average Bonchev–Trinajstić information content (AvgIpc) is 2.92. The van der Waals surface area contributed by atoms with Crippen LogP contribution in [0.3, 0.4) is 0 Å². The zero-order chi connectivity index (χ0) is 18.0. The third-order valence-electron chi connectivity index (χ3n) is 3.47. The van der Waals surface area contributed by atoms with Crippen LogP contribution in [0.2, 0.25) is 0 Å². The van der Waals surface area contributed by atoms with Crippen molar-refractivity contribution in [2.75, 3.05) is 11.9 Å². The van der Waals surface area contributed by atoms with Crippen LogP contribution in [-0.4, -0.2) is 28.5 Å². The van der Waals surface area contributed by atoms with Crippen LogP contribution in [0.4, 0.5) is 5.69 Å². The first-order valence-electron chi connectivity index (χ1n) is 7.37. The van der Waals surface area contributed by atoms with Gasteiger partial charge in [-0.3, -0.25) is 4.79 Å². The molecular formula is C17H14BrN3O4. The van der Waals surface area contributed by atoms with Crippen molar-refractivity contribution in [2.24, 2.45) is 0 Å². The van der Waals surface area contributed by atoms with Gasteiger partial charge in [-0.25, -0.2) is 9.59 Å². The van der Waals surface area contributed by atoms with Crippen LogP contribution in [0.25, 0.3) is 11.0 Å². The predicted molar refractivity (Wildman–Crippen MR) is 96.7 cm³/mol. The van der Waals surface area contributed by atoms with E-state index in [2.05, 4.69) is 31.2 Å². The predicted octanol–water partition coefficient (Wildman–Crippen LogP) is 2.72. The number of esters is 1. The van der Waals surface area contributed by atoms with E-state index in [0.717, 1.165) is 5.56 Å². The van der Waals surface area contributed by atoms with Crippen molar-refractivity contribution in [1.82, 2.24) is 9.97 Å². The number of rotatable bonds is 4. The second kappa shape index (κ2) is 6.94. The number of imidazole rings is 1. The van der Waals surface area contributed by atoms with Crippen molar-refractivity contribution in [1.29, 1.82) is 0 Å². The van der Waals surface area contributed by atoms with Crippen LogP contribution >= 0.6 is 15.9 Å². The number of fused-ring (bicyclic) bond motifs is 1. The van der Waals surface area contributed by atoms with Gasteiger partial charge in [-0.15, -0.1) is 0 Å². The van der Waals surface area contributed by atoms with E-state index in [9.17, 15) is 14.4 Å². The van der Waals surface area contributed by atoms with Gasteiger partial charge in [-0.1, -0.05) is 17.7 Å². The van der Waals surface area contributed by atoms with Crippen LogP contribution < -0.4 is 11.0 Å². The maximum absolute atomic E-state index is 12.0. The number of carbonyl (C=O) groups excluding carboxylic acids is 2. The Morgan fingerprint density at radius 2 is 1.88 bits per heavy atom. The number of ether oxygens (including phenoxy) is 1. The lowest BCUT2D eigenvalue weighted by Crippen LogP contribution is -2.21. The topological polar surface area (TPSA) is 104 Å². The number of halogens is 1. The maximum Gasteiger partial charge on any atom is 0.338 e. The number of carbonyl (C=O) groups is 2. The first-order chi connectivity index (χ1) is 11.9. The zero-order valence-corrected chi connectivity index (χ0v) is 14.8. The number of H-pyrrole nitrogens is 2. The highest BCUT2D eigenvalue weighted by Crippen LogP contribution is 2.26. The van der Waals surface area contributed by atoms with Crippen LogP contribution in [0.15, 0.2) is 45.7 Å². The third-order valence-corrected chi connectivity index (χ3v) is 4.12. The standard InChI is InChI=1S/C17H14BrN3O4/c1-9-3-2-4-10(5-9)16(23)25-8-15(22)19-12-7-14-13(6-11(12)18)20-17(24)21-14/h2-7H,8H2,1H3,(H,19,22)(H2,20,21,24). The quantitative estimate of drug-likeness (QED) is 0.582. The molecule has 7 nitrogen and oxygen atoms in total. The first kappa shape index (κ1) is 17.0. The molecule has 0 radical (unpaired) electrons. The van der Waals surface area contributed by atoms with Crippen LogP contribution in [0, 0.1) is 6.92 Å². The Kier molecular flexibility index (Phi) is 4.71. The minimum Gasteiger partial charge on any atom is -0.452 e. The summed E-state index contributed by atoms with van der Waals surface area (Å²) in [6.07, 6.45) is 0. The van der Waals surface area contributed by atoms with Gasteiger partial charge in [0.25, 0.3) is 5.91 Å². The van der Waals surface area contributed by atoms with Gasteiger partial charge in [0.15, 0.2) is 6.61 Å². The molecule has 0 saturated heterocycles. The molecular weight excluding hydrogens is 390 g/mol. The van der Waals surface area contributed by atoms with Crippen LogP contribution in [-0.2, 0) is 9.53 Å². The van der Waals surface area contributed by atoms with Crippen molar-refractivity contribution in [2.45, 2.75) is 6.92 Å². The Hall–Kier alpha value is -2.87.